The van der Waals surface area contributed by atoms with Crippen LogP contribution in [0.1, 0.15) is 0 Å². The van der Waals surface area contributed by atoms with E-state index in [1.54, 1.807) is 19.4 Å². The number of benzene rings is 1. The number of methoxy groups -OCH3 is 1. The Morgan fingerprint density at radius 2 is 1.95 bits per heavy atom. The minimum absolute atomic E-state index is 0.109. The van der Waals surface area contributed by atoms with Crippen molar-refractivity contribution >= 4 is 5.69 Å². The van der Waals surface area contributed by atoms with Crippen molar-refractivity contribution in [2.45, 2.75) is 0 Å². The average Bonchev–Trinajstić information content (AvgIpc) is 3.04. The first-order valence-electron chi connectivity index (χ1n) is 6.49. The Balaban J connectivity index is 2.21. The summed E-state index contributed by atoms with van der Waals surface area (Å²) in [5.74, 6) is 0.821. The van der Waals surface area contributed by atoms with E-state index in [4.69, 9.17) is 4.74 Å². The predicted octanol–water partition coefficient (Wildman–Crippen LogP) is 2.85. The lowest BCUT2D eigenvalue weighted by atomic mass is 10.1. The Labute approximate surface area is 126 Å². The van der Waals surface area contributed by atoms with Crippen LogP contribution in [0, 0.1) is 10.1 Å². The quantitative estimate of drug-likeness (QED) is 0.546. The first-order valence-corrected chi connectivity index (χ1v) is 6.49. The molecule has 7 nitrogen and oxygen atoms in total. The van der Waals surface area contributed by atoms with Gasteiger partial charge in [-0.25, -0.2) is 9.67 Å². The Kier molecular flexibility index (Phi) is 3.53. The Hall–Kier alpha value is -3.22. The molecule has 0 fully saturated rings. The predicted molar refractivity (Wildman–Crippen MR) is 80.0 cm³/mol. The van der Waals surface area contributed by atoms with Crippen LogP contribution in [-0.4, -0.2) is 26.8 Å². The lowest BCUT2D eigenvalue weighted by Gasteiger charge is -2.10. The van der Waals surface area contributed by atoms with Crippen LogP contribution in [-0.2, 0) is 0 Å². The molecule has 0 aliphatic rings. The summed E-state index contributed by atoms with van der Waals surface area (Å²) in [7, 11) is 1.57. The monoisotopic (exact) mass is 296 g/mol. The minimum Gasteiger partial charge on any atom is -0.496 e. The van der Waals surface area contributed by atoms with Crippen molar-refractivity contribution in [1.82, 2.24) is 14.8 Å². The van der Waals surface area contributed by atoms with Crippen molar-refractivity contribution < 1.29 is 9.66 Å². The number of hydrogen-bond acceptors (Lipinski definition) is 5. The van der Waals surface area contributed by atoms with Crippen LogP contribution >= 0.6 is 0 Å². The molecule has 110 valence electrons. The van der Waals surface area contributed by atoms with Gasteiger partial charge in [-0.1, -0.05) is 12.1 Å². The first-order chi connectivity index (χ1) is 10.7. The third-order valence-electron chi connectivity index (χ3n) is 3.19. The molecule has 0 aliphatic carbocycles. The largest absolute Gasteiger partial charge is 0.496 e. The summed E-state index contributed by atoms with van der Waals surface area (Å²) in [6.45, 7) is 0. The van der Waals surface area contributed by atoms with Gasteiger partial charge in [-0.15, -0.1) is 0 Å². The summed E-state index contributed by atoms with van der Waals surface area (Å²) in [6.07, 6.45) is 3.07. The Bertz CT molecular complexity index is 829. The zero-order valence-corrected chi connectivity index (χ0v) is 11.7. The van der Waals surface area contributed by atoms with Crippen molar-refractivity contribution in [1.29, 1.82) is 0 Å². The molecule has 0 saturated carbocycles. The summed E-state index contributed by atoms with van der Waals surface area (Å²) >= 11 is 0. The van der Waals surface area contributed by atoms with E-state index >= 15 is 0 Å². The molecule has 0 amide bonds. The maximum atomic E-state index is 11.2. The number of aromatic nitrogens is 3. The van der Waals surface area contributed by atoms with Crippen molar-refractivity contribution in [2.75, 3.05) is 7.11 Å². The normalized spacial score (nSPS) is 10.4. The first kappa shape index (κ1) is 13.7. The van der Waals surface area contributed by atoms with Gasteiger partial charge >= 0.3 is 5.69 Å². The average molecular weight is 296 g/mol. The van der Waals surface area contributed by atoms with E-state index in [0.29, 0.717) is 11.4 Å². The molecule has 2 heterocycles. The van der Waals surface area contributed by atoms with E-state index in [-0.39, 0.29) is 11.5 Å². The van der Waals surface area contributed by atoms with Gasteiger partial charge in [-0.3, -0.25) is 10.1 Å². The lowest BCUT2D eigenvalue weighted by Crippen LogP contribution is -2.06. The summed E-state index contributed by atoms with van der Waals surface area (Å²) < 4.78 is 6.78. The third kappa shape index (κ3) is 2.28. The zero-order chi connectivity index (χ0) is 15.5. The molecular weight excluding hydrogens is 284 g/mol. The fourth-order valence-electron chi connectivity index (χ4n) is 2.23. The highest BCUT2D eigenvalue weighted by Crippen LogP contribution is 2.32. The SMILES string of the molecule is COc1ccccc1-c1ccnn1-c1ncccc1[N+](=O)[O-]. The van der Waals surface area contributed by atoms with E-state index in [1.165, 1.54) is 23.0 Å². The summed E-state index contributed by atoms with van der Waals surface area (Å²) in [4.78, 5) is 14.8. The van der Waals surface area contributed by atoms with Gasteiger partial charge in [0, 0.05) is 17.8 Å². The molecule has 7 heteroatoms. The van der Waals surface area contributed by atoms with Crippen molar-refractivity contribution in [2.24, 2.45) is 0 Å². The maximum absolute atomic E-state index is 11.2. The summed E-state index contributed by atoms with van der Waals surface area (Å²) in [5.41, 5.74) is 1.34. The van der Waals surface area contributed by atoms with Crippen LogP contribution in [0.4, 0.5) is 5.69 Å². The molecule has 0 N–H and O–H groups in total. The summed E-state index contributed by atoms with van der Waals surface area (Å²) in [6, 6.07) is 12.1. The van der Waals surface area contributed by atoms with Crippen LogP contribution < -0.4 is 4.74 Å². The molecule has 3 rings (SSSR count). The van der Waals surface area contributed by atoms with E-state index < -0.39 is 4.92 Å². The van der Waals surface area contributed by atoms with Crippen LogP contribution in [0.15, 0.2) is 54.9 Å². The fraction of sp³-hybridized carbons (Fsp3) is 0.0667. The molecule has 3 aromatic rings. The molecule has 2 aromatic heterocycles. The highest BCUT2D eigenvalue weighted by Gasteiger charge is 2.20. The molecule has 22 heavy (non-hydrogen) atoms. The minimum atomic E-state index is -0.476. The highest BCUT2D eigenvalue weighted by molar-refractivity contribution is 5.69. The van der Waals surface area contributed by atoms with E-state index in [9.17, 15) is 10.1 Å². The van der Waals surface area contributed by atoms with Gasteiger partial charge in [-0.05, 0) is 24.3 Å². The second-order valence-corrected chi connectivity index (χ2v) is 4.43. The lowest BCUT2D eigenvalue weighted by molar-refractivity contribution is -0.384. The van der Waals surface area contributed by atoms with Crippen molar-refractivity contribution in [3.8, 4) is 22.8 Å². The van der Waals surface area contributed by atoms with Crippen molar-refractivity contribution in [3.63, 3.8) is 0 Å². The van der Waals surface area contributed by atoms with Gasteiger partial charge in [0.2, 0.25) is 5.82 Å². The second kappa shape index (κ2) is 5.65. The molecule has 0 bridgehead atoms. The Morgan fingerprint density at radius 1 is 1.14 bits per heavy atom. The highest BCUT2D eigenvalue weighted by atomic mass is 16.6. The number of pyridine rings is 1. The maximum Gasteiger partial charge on any atom is 0.313 e. The fourth-order valence-corrected chi connectivity index (χ4v) is 2.23. The number of ether oxygens (including phenoxy) is 1. The van der Waals surface area contributed by atoms with E-state index in [2.05, 4.69) is 10.1 Å². The van der Waals surface area contributed by atoms with Gasteiger partial charge in [0.05, 0.1) is 23.9 Å². The van der Waals surface area contributed by atoms with Gasteiger partial charge in [-0.2, -0.15) is 5.10 Å². The van der Waals surface area contributed by atoms with Crippen LogP contribution in [0.25, 0.3) is 17.1 Å². The van der Waals surface area contributed by atoms with E-state index in [0.717, 1.165) is 5.56 Å². The van der Waals surface area contributed by atoms with Gasteiger partial charge in [0.25, 0.3) is 0 Å². The topological polar surface area (TPSA) is 83.1 Å². The standard InChI is InChI=1S/C15H12N4O3/c1-22-14-7-3-2-5-11(14)12-8-10-17-18(12)15-13(19(20)21)6-4-9-16-15/h2-10H,1H3. The molecule has 0 spiro atoms. The van der Waals surface area contributed by atoms with E-state index in [1.807, 2.05) is 24.3 Å². The molecular formula is C15H12N4O3. The van der Waals surface area contributed by atoms with Gasteiger partial charge < -0.3 is 4.74 Å². The third-order valence-corrected chi connectivity index (χ3v) is 3.19. The molecule has 1 aromatic carbocycles. The molecule has 0 radical (unpaired) electrons. The number of nitro groups is 1. The molecule has 0 atom stereocenters. The van der Waals surface area contributed by atoms with Crippen LogP contribution in [0.3, 0.4) is 0 Å². The number of nitrogens with zero attached hydrogens (tertiary/aromatic N) is 4. The molecule has 0 aliphatic heterocycles. The Morgan fingerprint density at radius 3 is 2.73 bits per heavy atom. The zero-order valence-electron chi connectivity index (χ0n) is 11.7. The summed E-state index contributed by atoms with van der Waals surface area (Å²) in [5, 5.41) is 15.4. The number of rotatable bonds is 4. The molecule has 0 saturated heterocycles. The number of hydrogen-bond donors (Lipinski definition) is 0. The smallest absolute Gasteiger partial charge is 0.313 e. The van der Waals surface area contributed by atoms with Gasteiger partial charge in [0.15, 0.2) is 0 Å². The van der Waals surface area contributed by atoms with Gasteiger partial charge in [0.1, 0.15) is 5.75 Å². The van der Waals surface area contributed by atoms with Crippen LogP contribution in [0.5, 0.6) is 5.75 Å². The van der Waals surface area contributed by atoms with Crippen molar-refractivity contribution in [3.05, 3.63) is 65.0 Å². The molecule has 0 unspecified atom stereocenters. The second-order valence-electron chi connectivity index (χ2n) is 4.43. The van der Waals surface area contributed by atoms with Crippen LogP contribution in [0.2, 0.25) is 0 Å². The number of para-hydroxylation sites is 1.